The second-order valence-electron chi connectivity index (χ2n) is 8.00. The molecule has 0 radical (unpaired) electrons. The Morgan fingerprint density at radius 2 is 1.08 bits per heavy atom. The molecule has 152 valence electrons. The minimum Gasteiger partial charge on any atom is -1.00 e. The smallest absolute Gasteiger partial charge is 0.181 e. The maximum absolute atomic E-state index is 2.43. The van der Waals surface area contributed by atoms with Crippen molar-refractivity contribution in [2.45, 2.75) is 124 Å². The molecular weight excluding hydrogens is 338 g/mol. The summed E-state index contributed by atoms with van der Waals surface area (Å²) >= 11 is 0. The fraction of sp³-hybridized carbons (Fsp3) is 0.792. The van der Waals surface area contributed by atoms with Crippen LogP contribution in [-0.4, -0.2) is 0 Å². The summed E-state index contributed by atoms with van der Waals surface area (Å²) < 4.78 is 2.43. The summed E-state index contributed by atoms with van der Waals surface area (Å²) in [6, 6.07) is 2.26. The van der Waals surface area contributed by atoms with Crippen molar-refractivity contribution in [1.82, 2.24) is 0 Å². The summed E-state index contributed by atoms with van der Waals surface area (Å²) in [5.74, 6) is 0. The average Bonchev–Trinajstić information content (AvgIpc) is 2.61. The van der Waals surface area contributed by atoms with Crippen LogP contribution < -0.4 is 17.0 Å². The van der Waals surface area contributed by atoms with Crippen LogP contribution in [0.5, 0.6) is 0 Å². The standard InChI is InChI=1S/C24H44N.ClH/c1-5-6-7-8-9-10-11-12-13-14-15-16-17-18-20-25-21-19-22(2)23(3)24(25)4;/h19,21H,5-18,20H2,1-4H3;1H/q+1;/p-1. The van der Waals surface area contributed by atoms with Crippen molar-refractivity contribution in [2.75, 3.05) is 0 Å². The average molecular weight is 382 g/mol. The molecule has 0 aromatic carbocycles. The monoisotopic (exact) mass is 381 g/mol. The fourth-order valence-electron chi connectivity index (χ4n) is 3.66. The van der Waals surface area contributed by atoms with Crippen molar-refractivity contribution in [3.05, 3.63) is 29.1 Å². The normalized spacial score (nSPS) is 10.8. The number of aryl methyl sites for hydroxylation is 2. The zero-order valence-electron chi connectivity index (χ0n) is 18.1. The first-order valence-electron chi connectivity index (χ1n) is 11.1. The van der Waals surface area contributed by atoms with Crippen molar-refractivity contribution in [2.24, 2.45) is 0 Å². The van der Waals surface area contributed by atoms with Crippen molar-refractivity contribution in [3.8, 4) is 0 Å². The van der Waals surface area contributed by atoms with Gasteiger partial charge in [-0.15, -0.1) is 0 Å². The van der Waals surface area contributed by atoms with E-state index in [0.717, 1.165) is 0 Å². The molecule has 1 heterocycles. The van der Waals surface area contributed by atoms with E-state index in [-0.39, 0.29) is 12.4 Å². The Labute approximate surface area is 170 Å². The van der Waals surface area contributed by atoms with Crippen LogP contribution in [0.1, 0.15) is 114 Å². The van der Waals surface area contributed by atoms with Gasteiger partial charge in [0.25, 0.3) is 0 Å². The van der Waals surface area contributed by atoms with Crippen LogP contribution in [0.15, 0.2) is 12.3 Å². The predicted octanol–water partition coefficient (Wildman–Crippen LogP) is 4.38. The van der Waals surface area contributed by atoms with E-state index >= 15 is 0 Å². The first-order valence-corrected chi connectivity index (χ1v) is 11.1. The molecule has 2 heteroatoms. The van der Waals surface area contributed by atoms with Crippen molar-refractivity contribution in [3.63, 3.8) is 0 Å². The molecule has 26 heavy (non-hydrogen) atoms. The number of rotatable bonds is 15. The second-order valence-corrected chi connectivity index (χ2v) is 8.00. The van der Waals surface area contributed by atoms with E-state index in [1.807, 2.05) is 0 Å². The van der Waals surface area contributed by atoms with Gasteiger partial charge in [-0.3, -0.25) is 0 Å². The summed E-state index contributed by atoms with van der Waals surface area (Å²) in [5, 5.41) is 0. The first-order chi connectivity index (χ1) is 12.2. The number of aromatic nitrogens is 1. The van der Waals surface area contributed by atoms with Gasteiger partial charge < -0.3 is 12.4 Å². The Balaban J connectivity index is 0.00000625. The highest BCUT2D eigenvalue weighted by atomic mass is 35.5. The molecule has 0 atom stereocenters. The molecule has 1 rings (SSSR count). The Kier molecular flexibility index (Phi) is 16.2. The van der Waals surface area contributed by atoms with E-state index in [1.54, 1.807) is 0 Å². The van der Waals surface area contributed by atoms with Crippen LogP contribution in [0.3, 0.4) is 0 Å². The van der Waals surface area contributed by atoms with E-state index in [1.165, 1.54) is 113 Å². The van der Waals surface area contributed by atoms with Gasteiger partial charge in [0, 0.05) is 25.0 Å². The molecule has 0 amide bonds. The molecule has 0 unspecified atom stereocenters. The van der Waals surface area contributed by atoms with E-state index in [4.69, 9.17) is 0 Å². The molecule has 1 aromatic rings. The summed E-state index contributed by atoms with van der Waals surface area (Å²) in [4.78, 5) is 0. The van der Waals surface area contributed by atoms with Gasteiger partial charge in [-0.05, 0) is 25.8 Å². The minimum absolute atomic E-state index is 0. The molecule has 0 spiro atoms. The molecule has 0 aliphatic heterocycles. The lowest BCUT2D eigenvalue weighted by molar-refractivity contribution is -0.703. The third-order valence-corrected chi connectivity index (χ3v) is 5.82. The number of halogens is 1. The third kappa shape index (κ3) is 11.2. The lowest BCUT2D eigenvalue weighted by atomic mass is 10.0. The molecule has 0 saturated carbocycles. The molecule has 0 saturated heterocycles. The summed E-state index contributed by atoms with van der Waals surface area (Å²) in [5.41, 5.74) is 4.30. The zero-order valence-corrected chi connectivity index (χ0v) is 18.8. The maximum Gasteiger partial charge on any atom is 0.181 e. The van der Waals surface area contributed by atoms with Gasteiger partial charge in [0.15, 0.2) is 11.9 Å². The van der Waals surface area contributed by atoms with Crippen molar-refractivity contribution < 1.29 is 17.0 Å². The second kappa shape index (κ2) is 16.6. The van der Waals surface area contributed by atoms with Crippen LogP contribution in [0.2, 0.25) is 0 Å². The highest BCUT2D eigenvalue weighted by Gasteiger charge is 2.10. The van der Waals surface area contributed by atoms with Crippen LogP contribution in [0.25, 0.3) is 0 Å². The van der Waals surface area contributed by atoms with Crippen molar-refractivity contribution in [1.29, 1.82) is 0 Å². The molecular formula is C24H44ClN. The minimum atomic E-state index is 0. The van der Waals surface area contributed by atoms with E-state index < -0.39 is 0 Å². The fourth-order valence-corrected chi connectivity index (χ4v) is 3.66. The van der Waals surface area contributed by atoms with Gasteiger partial charge in [0.05, 0.1) is 0 Å². The lowest BCUT2D eigenvalue weighted by Crippen LogP contribution is -3.00. The first kappa shape index (κ1) is 25.4. The largest absolute Gasteiger partial charge is 1.00 e. The van der Waals surface area contributed by atoms with E-state index in [9.17, 15) is 0 Å². The summed E-state index contributed by atoms with van der Waals surface area (Å²) in [6.07, 6.45) is 22.3. The highest BCUT2D eigenvalue weighted by molar-refractivity contribution is 5.22. The Hall–Kier alpha value is -0.560. The van der Waals surface area contributed by atoms with Crippen LogP contribution in [0.4, 0.5) is 0 Å². The Morgan fingerprint density at radius 1 is 0.654 bits per heavy atom. The SMILES string of the molecule is CCCCCCCCCCCCCCCC[n+]1ccc(C)c(C)c1C.[Cl-]. The Morgan fingerprint density at radius 3 is 1.54 bits per heavy atom. The molecule has 0 fully saturated rings. The van der Waals surface area contributed by atoms with Crippen LogP contribution in [0, 0.1) is 20.8 Å². The Bertz CT molecular complexity index is 456. The van der Waals surface area contributed by atoms with Crippen LogP contribution in [-0.2, 0) is 6.54 Å². The van der Waals surface area contributed by atoms with Gasteiger partial charge in [-0.2, -0.15) is 0 Å². The molecule has 0 aliphatic carbocycles. The molecule has 1 nitrogen and oxygen atoms in total. The molecule has 0 N–H and O–H groups in total. The van der Waals surface area contributed by atoms with Gasteiger partial charge in [-0.1, -0.05) is 84.0 Å². The van der Waals surface area contributed by atoms with E-state index in [0.29, 0.717) is 0 Å². The number of hydrogen-bond acceptors (Lipinski definition) is 0. The van der Waals surface area contributed by atoms with E-state index in [2.05, 4.69) is 44.5 Å². The lowest BCUT2D eigenvalue weighted by Gasteiger charge is -2.06. The maximum atomic E-state index is 2.43. The number of nitrogens with zero attached hydrogens (tertiary/aromatic N) is 1. The topological polar surface area (TPSA) is 3.88 Å². The van der Waals surface area contributed by atoms with Gasteiger partial charge in [0.1, 0.15) is 6.54 Å². The third-order valence-electron chi connectivity index (χ3n) is 5.82. The van der Waals surface area contributed by atoms with Gasteiger partial charge in [-0.25, -0.2) is 4.57 Å². The molecule has 0 bridgehead atoms. The number of hydrogen-bond donors (Lipinski definition) is 0. The zero-order chi connectivity index (χ0) is 18.3. The quantitative estimate of drug-likeness (QED) is 0.313. The van der Waals surface area contributed by atoms with Crippen molar-refractivity contribution >= 4 is 0 Å². The number of pyridine rings is 1. The molecule has 0 aliphatic rings. The summed E-state index contributed by atoms with van der Waals surface area (Å²) in [7, 11) is 0. The van der Waals surface area contributed by atoms with Crippen LogP contribution >= 0.6 is 0 Å². The van der Waals surface area contributed by atoms with Gasteiger partial charge in [0.2, 0.25) is 0 Å². The summed E-state index contributed by atoms with van der Waals surface area (Å²) in [6.45, 7) is 10.2. The predicted molar refractivity (Wildman–Crippen MR) is 111 cm³/mol. The number of unbranched alkanes of at least 4 members (excludes halogenated alkanes) is 13. The molecule has 1 aromatic heterocycles. The highest BCUT2D eigenvalue weighted by Crippen LogP contribution is 2.13. The van der Waals surface area contributed by atoms with Gasteiger partial charge >= 0.3 is 0 Å².